The fraction of sp³-hybridized carbons (Fsp3) is 0.444. The first-order valence-corrected chi connectivity index (χ1v) is 15.4. The molecule has 3 aromatic heterocycles. The summed E-state index contributed by atoms with van der Waals surface area (Å²) in [6.07, 6.45) is 2.09. The number of carbonyl (C=O) groups excluding carboxylic acids is 1. The molecule has 2 fully saturated rings. The van der Waals surface area contributed by atoms with Crippen molar-refractivity contribution in [3.8, 4) is 11.5 Å². The average Bonchev–Trinajstić information content (AvgIpc) is 3.60. The zero-order chi connectivity index (χ0) is 30.8. The van der Waals surface area contributed by atoms with Crippen molar-refractivity contribution in [1.82, 2.24) is 29.7 Å². The Morgan fingerprint density at radius 2 is 1.95 bits per heavy atom. The number of piperidine rings is 1. The number of alkyl halides is 4. The van der Waals surface area contributed by atoms with Crippen LogP contribution in [0.3, 0.4) is 0 Å². The summed E-state index contributed by atoms with van der Waals surface area (Å²) in [5.74, 6) is -4.85. The van der Waals surface area contributed by atoms with Gasteiger partial charge in [0.25, 0.3) is 11.8 Å². The minimum Gasteiger partial charge on any atom is -0.342 e. The molecule has 1 saturated heterocycles. The lowest BCUT2D eigenvalue weighted by molar-refractivity contribution is -0.0543. The summed E-state index contributed by atoms with van der Waals surface area (Å²) in [6.45, 7) is -2.94. The quantitative estimate of drug-likeness (QED) is 0.227. The molecule has 1 amide bonds. The van der Waals surface area contributed by atoms with E-state index in [1.165, 1.54) is 18.2 Å². The Labute approximate surface area is 242 Å². The van der Waals surface area contributed by atoms with E-state index >= 15 is 4.39 Å². The highest BCUT2D eigenvalue weighted by molar-refractivity contribution is 7.92. The molecule has 2 aliphatic rings. The lowest BCUT2D eigenvalue weighted by Gasteiger charge is -2.32. The first kappa shape index (κ1) is 29.3. The highest BCUT2D eigenvalue weighted by atomic mass is 32.2. The van der Waals surface area contributed by atoms with Gasteiger partial charge in [-0.1, -0.05) is 0 Å². The van der Waals surface area contributed by atoms with Gasteiger partial charge < -0.3 is 19.8 Å². The second-order valence-electron chi connectivity index (χ2n) is 11.1. The standard InChI is InChI=1S/C27H28F5N7O3S/c1-37-19-11-17(28)16(25(40)35-21-12-33-8-7-27(21,31)32)10-18(19)34-24(37)20-9-15-5-6-22(39(26(29)30)43(2,41)42)36-23(15)38(20)13-14-3-4-14/h5-6,9-11,14,21,26,33H,3-4,7-8,12-13H2,1-2H3,(H,35,40)/t21-/m0/s1. The Bertz CT molecular complexity index is 1850. The molecule has 1 aromatic carbocycles. The molecule has 4 aromatic rings. The number of pyridine rings is 1. The minimum atomic E-state index is -4.33. The van der Waals surface area contributed by atoms with Crippen LogP contribution in [0.25, 0.3) is 33.6 Å². The van der Waals surface area contributed by atoms with E-state index in [2.05, 4.69) is 20.6 Å². The number of sulfonamides is 1. The van der Waals surface area contributed by atoms with Crippen molar-refractivity contribution in [2.45, 2.75) is 44.3 Å². The third-order valence-corrected chi connectivity index (χ3v) is 8.93. The molecule has 43 heavy (non-hydrogen) atoms. The van der Waals surface area contributed by atoms with Gasteiger partial charge in [-0.15, -0.1) is 0 Å². The number of benzene rings is 1. The van der Waals surface area contributed by atoms with Crippen molar-refractivity contribution in [3.63, 3.8) is 0 Å². The van der Waals surface area contributed by atoms with Crippen LogP contribution >= 0.6 is 0 Å². The van der Waals surface area contributed by atoms with Gasteiger partial charge in [0.15, 0.2) is 5.82 Å². The summed E-state index contributed by atoms with van der Waals surface area (Å²) in [6, 6.07) is 5.23. The number of rotatable bonds is 8. The van der Waals surface area contributed by atoms with Gasteiger partial charge in [0.1, 0.15) is 23.3 Å². The largest absolute Gasteiger partial charge is 0.342 e. The summed E-state index contributed by atoms with van der Waals surface area (Å²) in [5, 5.41) is 5.57. The predicted molar refractivity (Wildman–Crippen MR) is 149 cm³/mol. The second-order valence-corrected chi connectivity index (χ2v) is 12.9. The monoisotopic (exact) mass is 625 g/mol. The normalized spacial score (nSPS) is 18.9. The molecular weight excluding hydrogens is 597 g/mol. The maximum absolute atomic E-state index is 15.2. The van der Waals surface area contributed by atoms with E-state index in [0.29, 0.717) is 35.2 Å². The van der Waals surface area contributed by atoms with Gasteiger partial charge in [-0.2, -0.15) is 13.1 Å². The number of nitrogens with one attached hydrogen (secondary N) is 2. The molecule has 0 bridgehead atoms. The molecular formula is C27H28F5N7O3S. The Hall–Kier alpha value is -3.79. The number of nitrogens with zero attached hydrogens (tertiary/aromatic N) is 5. The number of halogens is 5. The Balaban J connectivity index is 1.42. The third kappa shape index (κ3) is 5.41. The van der Waals surface area contributed by atoms with Crippen molar-refractivity contribution in [1.29, 1.82) is 0 Å². The maximum atomic E-state index is 15.2. The van der Waals surface area contributed by atoms with E-state index < -0.39 is 58.1 Å². The van der Waals surface area contributed by atoms with E-state index in [4.69, 9.17) is 0 Å². The molecule has 0 unspecified atom stereocenters. The first-order chi connectivity index (χ1) is 20.2. The number of fused-ring (bicyclic) bond motifs is 2. The van der Waals surface area contributed by atoms with Gasteiger partial charge in [0.05, 0.1) is 28.5 Å². The van der Waals surface area contributed by atoms with Crippen LogP contribution in [-0.2, 0) is 23.6 Å². The molecule has 6 rings (SSSR count). The molecule has 1 aliphatic carbocycles. The third-order valence-electron chi connectivity index (χ3n) is 7.87. The van der Waals surface area contributed by atoms with Crippen molar-refractivity contribution >= 4 is 43.8 Å². The number of anilines is 1. The smallest absolute Gasteiger partial charge is 0.329 e. The molecule has 0 radical (unpaired) electrons. The number of imidazole rings is 1. The van der Waals surface area contributed by atoms with Crippen LogP contribution in [0.5, 0.6) is 0 Å². The lowest BCUT2D eigenvalue weighted by Crippen LogP contribution is -2.57. The van der Waals surface area contributed by atoms with Gasteiger partial charge in [0.2, 0.25) is 10.0 Å². The van der Waals surface area contributed by atoms with Crippen LogP contribution in [0, 0.1) is 11.7 Å². The summed E-state index contributed by atoms with van der Waals surface area (Å²) in [5.41, 5.74) is 0.916. The average molecular weight is 626 g/mol. The molecule has 4 heterocycles. The first-order valence-electron chi connectivity index (χ1n) is 13.6. The summed E-state index contributed by atoms with van der Waals surface area (Å²) in [4.78, 5) is 21.8. The van der Waals surface area contributed by atoms with Gasteiger partial charge in [-0.25, -0.2) is 31.6 Å². The van der Waals surface area contributed by atoms with Crippen molar-refractivity contribution in [2.24, 2.45) is 13.0 Å². The van der Waals surface area contributed by atoms with Crippen LogP contribution in [0.2, 0.25) is 0 Å². The van der Waals surface area contributed by atoms with E-state index in [1.807, 2.05) is 0 Å². The Kier molecular flexibility index (Phi) is 7.11. The van der Waals surface area contributed by atoms with Gasteiger partial charge in [0, 0.05) is 44.6 Å². The van der Waals surface area contributed by atoms with E-state index in [0.717, 1.165) is 18.9 Å². The zero-order valence-electron chi connectivity index (χ0n) is 23.1. The van der Waals surface area contributed by atoms with E-state index in [9.17, 15) is 30.8 Å². The zero-order valence-corrected chi connectivity index (χ0v) is 23.9. The molecule has 1 aliphatic heterocycles. The van der Waals surface area contributed by atoms with Gasteiger partial charge in [-0.3, -0.25) is 4.79 Å². The topological polar surface area (TPSA) is 114 Å². The minimum absolute atomic E-state index is 0.0513. The SMILES string of the molecule is Cn1c(-c2cc3ccc(N(C(F)F)S(C)(=O)=O)nc3n2CC2CC2)nc2cc(C(=O)N[C@H]3CNCCC3(F)F)c(F)cc21. The van der Waals surface area contributed by atoms with Crippen molar-refractivity contribution in [3.05, 3.63) is 41.7 Å². The second kappa shape index (κ2) is 10.4. The number of hydrogen-bond acceptors (Lipinski definition) is 6. The van der Waals surface area contributed by atoms with Gasteiger partial charge >= 0.3 is 6.55 Å². The maximum Gasteiger partial charge on any atom is 0.329 e. The highest BCUT2D eigenvalue weighted by Crippen LogP contribution is 2.37. The molecule has 2 N–H and O–H groups in total. The van der Waals surface area contributed by atoms with E-state index in [-0.39, 0.29) is 34.5 Å². The molecule has 230 valence electrons. The fourth-order valence-corrected chi connectivity index (χ4v) is 6.15. The van der Waals surface area contributed by atoms with Crippen LogP contribution in [0.4, 0.5) is 27.8 Å². The lowest BCUT2D eigenvalue weighted by atomic mass is 10.0. The van der Waals surface area contributed by atoms with Crippen LogP contribution in [0.1, 0.15) is 29.6 Å². The number of amides is 1. The van der Waals surface area contributed by atoms with Crippen LogP contribution < -0.4 is 14.9 Å². The van der Waals surface area contributed by atoms with Crippen molar-refractivity contribution in [2.75, 3.05) is 23.7 Å². The highest BCUT2D eigenvalue weighted by Gasteiger charge is 2.42. The predicted octanol–water partition coefficient (Wildman–Crippen LogP) is 3.85. The summed E-state index contributed by atoms with van der Waals surface area (Å²) < 4.78 is 98.7. The van der Waals surface area contributed by atoms with Crippen LogP contribution in [0.15, 0.2) is 30.3 Å². The van der Waals surface area contributed by atoms with E-state index in [1.54, 1.807) is 22.2 Å². The number of aryl methyl sites for hydroxylation is 1. The fourth-order valence-electron chi connectivity index (χ4n) is 5.42. The Morgan fingerprint density at radius 1 is 1.21 bits per heavy atom. The molecule has 0 spiro atoms. The molecule has 10 nitrogen and oxygen atoms in total. The van der Waals surface area contributed by atoms with Crippen molar-refractivity contribution < 1.29 is 35.2 Å². The molecule has 1 saturated carbocycles. The molecule has 16 heteroatoms. The summed E-state index contributed by atoms with van der Waals surface area (Å²) in [7, 11) is -2.69. The summed E-state index contributed by atoms with van der Waals surface area (Å²) >= 11 is 0. The number of carbonyl (C=O) groups is 1. The van der Waals surface area contributed by atoms with Crippen LogP contribution in [-0.4, -0.2) is 71.3 Å². The number of hydrogen-bond donors (Lipinski definition) is 2. The number of aromatic nitrogens is 4. The molecule has 1 atom stereocenters. The van der Waals surface area contributed by atoms with Gasteiger partial charge in [-0.05, 0) is 43.0 Å². The Morgan fingerprint density at radius 3 is 2.60 bits per heavy atom.